The van der Waals surface area contributed by atoms with E-state index in [1.165, 1.54) is 12.8 Å². The lowest BCUT2D eigenvalue weighted by Gasteiger charge is -2.32. The molecule has 6 heteroatoms. The van der Waals surface area contributed by atoms with Gasteiger partial charge >= 0.3 is 6.03 Å². The fraction of sp³-hybridized carbons (Fsp3) is 0.714. The highest BCUT2D eigenvalue weighted by Gasteiger charge is 2.27. The SMILES string of the molecule is Nc1cc(C2CCN(C(=O)NC3CCCC3)CC2)no1. The number of nitrogens with two attached hydrogens (primary N) is 1. The Morgan fingerprint density at radius 3 is 2.60 bits per heavy atom. The van der Waals surface area contributed by atoms with Crippen LogP contribution in [0.2, 0.25) is 0 Å². The highest BCUT2D eigenvalue weighted by molar-refractivity contribution is 5.74. The minimum atomic E-state index is 0.0926. The smallest absolute Gasteiger partial charge is 0.317 e. The van der Waals surface area contributed by atoms with Crippen molar-refractivity contribution in [1.82, 2.24) is 15.4 Å². The molecule has 110 valence electrons. The van der Waals surface area contributed by atoms with E-state index in [-0.39, 0.29) is 6.03 Å². The van der Waals surface area contributed by atoms with Crippen molar-refractivity contribution in [3.63, 3.8) is 0 Å². The normalized spacial score (nSPS) is 21.3. The van der Waals surface area contributed by atoms with Crippen LogP contribution in [0.3, 0.4) is 0 Å². The summed E-state index contributed by atoms with van der Waals surface area (Å²) in [6.45, 7) is 1.55. The second kappa shape index (κ2) is 5.73. The van der Waals surface area contributed by atoms with Crippen LogP contribution in [0.15, 0.2) is 10.6 Å². The number of carbonyl (C=O) groups excluding carboxylic acids is 1. The maximum absolute atomic E-state index is 12.2. The van der Waals surface area contributed by atoms with Gasteiger partial charge in [-0.05, 0) is 25.7 Å². The number of urea groups is 1. The van der Waals surface area contributed by atoms with Gasteiger partial charge in [-0.3, -0.25) is 0 Å². The minimum Gasteiger partial charge on any atom is -0.368 e. The maximum atomic E-state index is 12.2. The second-order valence-corrected chi connectivity index (χ2v) is 5.85. The largest absolute Gasteiger partial charge is 0.368 e. The number of anilines is 1. The fourth-order valence-corrected chi connectivity index (χ4v) is 3.21. The molecule has 1 saturated carbocycles. The molecule has 1 aliphatic carbocycles. The van der Waals surface area contributed by atoms with E-state index in [4.69, 9.17) is 10.3 Å². The Kier molecular flexibility index (Phi) is 3.80. The summed E-state index contributed by atoms with van der Waals surface area (Å²) in [5.74, 6) is 0.716. The van der Waals surface area contributed by atoms with Crippen molar-refractivity contribution in [1.29, 1.82) is 0 Å². The van der Waals surface area contributed by atoms with Crippen LogP contribution in [0.5, 0.6) is 0 Å². The lowest BCUT2D eigenvalue weighted by molar-refractivity contribution is 0.176. The van der Waals surface area contributed by atoms with Crippen molar-refractivity contribution in [2.45, 2.75) is 50.5 Å². The first kappa shape index (κ1) is 13.3. The summed E-state index contributed by atoms with van der Waals surface area (Å²) in [4.78, 5) is 14.1. The quantitative estimate of drug-likeness (QED) is 0.867. The molecule has 2 heterocycles. The molecular weight excluding hydrogens is 256 g/mol. The number of hydrogen-bond acceptors (Lipinski definition) is 4. The molecule has 2 amide bonds. The number of nitrogen functional groups attached to an aromatic ring is 1. The Morgan fingerprint density at radius 1 is 1.30 bits per heavy atom. The number of amides is 2. The van der Waals surface area contributed by atoms with E-state index in [0.29, 0.717) is 17.8 Å². The molecule has 0 spiro atoms. The van der Waals surface area contributed by atoms with E-state index in [9.17, 15) is 4.79 Å². The van der Waals surface area contributed by atoms with Crippen LogP contribution in [0.4, 0.5) is 10.7 Å². The van der Waals surface area contributed by atoms with E-state index in [1.54, 1.807) is 6.07 Å². The van der Waals surface area contributed by atoms with Gasteiger partial charge in [-0.2, -0.15) is 0 Å². The molecule has 20 heavy (non-hydrogen) atoms. The highest BCUT2D eigenvalue weighted by Crippen LogP contribution is 2.28. The first-order chi connectivity index (χ1) is 9.72. The van der Waals surface area contributed by atoms with Crippen LogP contribution in [-0.2, 0) is 0 Å². The molecule has 1 saturated heterocycles. The van der Waals surface area contributed by atoms with E-state index in [1.807, 2.05) is 4.90 Å². The number of nitrogens with one attached hydrogen (secondary N) is 1. The third kappa shape index (κ3) is 2.89. The minimum absolute atomic E-state index is 0.0926. The molecule has 2 fully saturated rings. The maximum Gasteiger partial charge on any atom is 0.317 e. The van der Waals surface area contributed by atoms with Crippen LogP contribution in [0, 0.1) is 0 Å². The Labute approximate surface area is 118 Å². The topological polar surface area (TPSA) is 84.4 Å². The third-order valence-electron chi connectivity index (χ3n) is 4.43. The van der Waals surface area contributed by atoms with Gasteiger partial charge in [0.1, 0.15) is 0 Å². The summed E-state index contributed by atoms with van der Waals surface area (Å²) >= 11 is 0. The molecule has 1 aromatic heterocycles. The molecule has 0 bridgehead atoms. The average molecular weight is 278 g/mol. The third-order valence-corrected chi connectivity index (χ3v) is 4.43. The van der Waals surface area contributed by atoms with Gasteiger partial charge in [0.2, 0.25) is 5.88 Å². The predicted octanol–water partition coefficient (Wildman–Crippen LogP) is 2.09. The zero-order valence-corrected chi connectivity index (χ0v) is 11.7. The summed E-state index contributed by atoms with van der Waals surface area (Å²) in [5.41, 5.74) is 6.46. The van der Waals surface area contributed by atoms with Crippen molar-refractivity contribution in [2.75, 3.05) is 18.8 Å². The van der Waals surface area contributed by atoms with Gasteiger partial charge in [0.05, 0.1) is 5.69 Å². The van der Waals surface area contributed by atoms with E-state index >= 15 is 0 Å². The number of nitrogens with zero attached hydrogens (tertiary/aromatic N) is 2. The summed E-state index contributed by atoms with van der Waals surface area (Å²) in [6, 6.07) is 2.27. The van der Waals surface area contributed by atoms with Gasteiger partial charge in [0.25, 0.3) is 0 Å². The predicted molar refractivity (Wildman–Crippen MR) is 75.3 cm³/mol. The average Bonchev–Trinajstić information content (AvgIpc) is 3.10. The summed E-state index contributed by atoms with van der Waals surface area (Å²) < 4.78 is 4.92. The van der Waals surface area contributed by atoms with Crippen LogP contribution in [0.1, 0.15) is 50.1 Å². The van der Waals surface area contributed by atoms with Crippen molar-refractivity contribution < 1.29 is 9.32 Å². The number of piperidine rings is 1. The molecule has 0 radical (unpaired) electrons. The lowest BCUT2D eigenvalue weighted by atomic mass is 9.94. The molecule has 3 rings (SSSR count). The molecule has 2 aliphatic rings. The molecule has 3 N–H and O–H groups in total. The van der Waals surface area contributed by atoms with Crippen molar-refractivity contribution in [3.8, 4) is 0 Å². The number of carbonyl (C=O) groups is 1. The number of rotatable bonds is 2. The molecule has 1 aliphatic heterocycles. The molecule has 0 atom stereocenters. The highest BCUT2D eigenvalue weighted by atomic mass is 16.5. The number of hydrogen-bond donors (Lipinski definition) is 2. The monoisotopic (exact) mass is 278 g/mol. The van der Waals surface area contributed by atoms with Crippen molar-refractivity contribution in [3.05, 3.63) is 11.8 Å². The van der Waals surface area contributed by atoms with E-state index in [0.717, 1.165) is 44.5 Å². The first-order valence-corrected chi connectivity index (χ1v) is 7.50. The van der Waals surface area contributed by atoms with Gasteiger partial charge in [-0.1, -0.05) is 18.0 Å². The molecule has 6 nitrogen and oxygen atoms in total. The Morgan fingerprint density at radius 2 is 2.00 bits per heavy atom. The van der Waals surface area contributed by atoms with Crippen molar-refractivity contribution in [2.24, 2.45) is 0 Å². The number of likely N-dealkylation sites (tertiary alicyclic amines) is 1. The van der Waals surface area contributed by atoms with Gasteiger partial charge in [-0.25, -0.2) is 4.79 Å². The van der Waals surface area contributed by atoms with E-state index in [2.05, 4.69) is 10.5 Å². The molecule has 1 aromatic rings. The Balaban J connectivity index is 1.49. The molecule has 0 aromatic carbocycles. The zero-order valence-electron chi connectivity index (χ0n) is 11.7. The summed E-state index contributed by atoms with van der Waals surface area (Å²) in [7, 11) is 0. The summed E-state index contributed by atoms with van der Waals surface area (Å²) in [6.07, 6.45) is 6.57. The van der Waals surface area contributed by atoms with Gasteiger partial charge in [-0.15, -0.1) is 0 Å². The van der Waals surface area contributed by atoms with Gasteiger partial charge < -0.3 is 20.5 Å². The van der Waals surface area contributed by atoms with Gasteiger partial charge in [0.15, 0.2) is 0 Å². The lowest BCUT2D eigenvalue weighted by Crippen LogP contribution is -2.47. The summed E-state index contributed by atoms with van der Waals surface area (Å²) in [5, 5.41) is 7.11. The molecule has 0 unspecified atom stereocenters. The molecular formula is C14H22N4O2. The van der Waals surface area contributed by atoms with Gasteiger partial charge in [0, 0.05) is 31.1 Å². The Bertz CT molecular complexity index is 459. The van der Waals surface area contributed by atoms with Crippen LogP contribution >= 0.6 is 0 Å². The fourth-order valence-electron chi connectivity index (χ4n) is 3.21. The Hall–Kier alpha value is -1.72. The van der Waals surface area contributed by atoms with Crippen molar-refractivity contribution >= 4 is 11.9 Å². The second-order valence-electron chi connectivity index (χ2n) is 5.85. The first-order valence-electron chi connectivity index (χ1n) is 7.50. The van der Waals surface area contributed by atoms with Crippen LogP contribution in [-0.4, -0.2) is 35.2 Å². The standard InChI is InChI=1S/C14H22N4O2/c15-13-9-12(17-20-13)10-5-7-18(8-6-10)14(19)16-11-3-1-2-4-11/h9-11H,1-8,15H2,(H,16,19). The van der Waals surface area contributed by atoms with Crippen LogP contribution in [0.25, 0.3) is 0 Å². The number of aromatic nitrogens is 1. The van der Waals surface area contributed by atoms with Crippen LogP contribution < -0.4 is 11.1 Å². The van der Waals surface area contributed by atoms with E-state index < -0.39 is 0 Å². The zero-order chi connectivity index (χ0) is 13.9.